The van der Waals surface area contributed by atoms with Gasteiger partial charge in [-0.05, 0) is 12.8 Å². The summed E-state index contributed by atoms with van der Waals surface area (Å²) in [7, 11) is 0. The van der Waals surface area contributed by atoms with Crippen LogP contribution < -0.4 is 4.90 Å². The molecule has 5 nitrogen and oxygen atoms in total. The third kappa shape index (κ3) is 3.07. The molecule has 0 saturated carbocycles. The maximum atomic E-state index is 11.9. The Labute approximate surface area is 110 Å². The van der Waals surface area contributed by atoms with Crippen molar-refractivity contribution in [2.75, 3.05) is 17.2 Å². The van der Waals surface area contributed by atoms with E-state index in [1.165, 1.54) is 11.8 Å². The lowest BCUT2D eigenvalue weighted by atomic mass is 10.1. The van der Waals surface area contributed by atoms with Crippen LogP contribution in [-0.4, -0.2) is 33.3 Å². The summed E-state index contributed by atoms with van der Waals surface area (Å²) in [6.07, 6.45) is 3.83. The summed E-state index contributed by atoms with van der Waals surface area (Å²) in [4.78, 5) is 32.7. The summed E-state index contributed by atoms with van der Waals surface area (Å²) in [5.41, 5.74) is 0.737. The van der Waals surface area contributed by atoms with E-state index in [1.807, 2.05) is 6.92 Å². The Hall–Kier alpha value is -1.43. The Kier molecular flexibility index (Phi) is 3.96. The highest BCUT2D eigenvalue weighted by Crippen LogP contribution is 2.26. The number of rotatable bonds is 3. The third-order valence-corrected chi connectivity index (χ3v) is 3.85. The van der Waals surface area contributed by atoms with Crippen LogP contribution in [0.25, 0.3) is 0 Å². The predicted molar refractivity (Wildman–Crippen MR) is 70.4 cm³/mol. The van der Waals surface area contributed by atoms with Crippen LogP contribution in [0.15, 0.2) is 12.4 Å². The first-order chi connectivity index (χ1) is 8.56. The van der Waals surface area contributed by atoms with Gasteiger partial charge < -0.3 is 4.90 Å². The van der Waals surface area contributed by atoms with E-state index in [1.54, 1.807) is 24.2 Å². The Morgan fingerprint density at radius 2 is 2.17 bits per heavy atom. The molecule has 18 heavy (non-hydrogen) atoms. The van der Waals surface area contributed by atoms with Crippen molar-refractivity contribution in [3.8, 4) is 0 Å². The van der Waals surface area contributed by atoms with Crippen LogP contribution in [0.3, 0.4) is 0 Å². The normalized spacial score (nSPS) is 19.3. The Morgan fingerprint density at radius 1 is 1.50 bits per heavy atom. The molecule has 1 aliphatic heterocycles. The molecule has 1 amide bonds. The van der Waals surface area contributed by atoms with Crippen LogP contribution in [0.4, 0.5) is 5.69 Å². The van der Waals surface area contributed by atoms with Crippen LogP contribution in [0, 0.1) is 12.8 Å². The molecule has 1 aromatic heterocycles. The van der Waals surface area contributed by atoms with Gasteiger partial charge in [-0.1, -0.05) is 11.8 Å². The van der Waals surface area contributed by atoms with Gasteiger partial charge in [0, 0.05) is 25.6 Å². The monoisotopic (exact) mass is 265 g/mol. The first-order valence-electron chi connectivity index (χ1n) is 5.78. The molecule has 1 fully saturated rings. The van der Waals surface area contributed by atoms with Crippen molar-refractivity contribution < 1.29 is 9.59 Å². The van der Waals surface area contributed by atoms with Crippen molar-refractivity contribution in [1.29, 1.82) is 0 Å². The van der Waals surface area contributed by atoms with Crippen LogP contribution in [-0.2, 0) is 9.59 Å². The molecule has 1 aromatic rings. The number of hydrogen-bond acceptors (Lipinski definition) is 5. The largest absolute Gasteiger partial charge is 0.309 e. The van der Waals surface area contributed by atoms with Gasteiger partial charge in [-0.2, -0.15) is 0 Å². The Balaban J connectivity index is 2.00. The van der Waals surface area contributed by atoms with Crippen molar-refractivity contribution in [2.45, 2.75) is 20.3 Å². The molecular formula is C12H15N3O2S. The average molecular weight is 265 g/mol. The van der Waals surface area contributed by atoms with Gasteiger partial charge in [0.15, 0.2) is 5.12 Å². The standard InChI is InChI=1S/C12H15N3O2S/c1-8-13-4-11(5-14-8)15-6-10(3-12(15)17)7-18-9(2)16/h4-5,10H,3,6-7H2,1-2H3. The lowest BCUT2D eigenvalue weighted by Gasteiger charge is -2.15. The Bertz CT molecular complexity index is 461. The number of anilines is 1. The van der Waals surface area contributed by atoms with Crippen molar-refractivity contribution in [1.82, 2.24) is 9.97 Å². The molecule has 1 unspecified atom stereocenters. The third-order valence-electron chi connectivity index (χ3n) is 2.81. The van der Waals surface area contributed by atoms with Gasteiger partial charge in [-0.3, -0.25) is 9.59 Å². The molecule has 6 heteroatoms. The van der Waals surface area contributed by atoms with Crippen LogP contribution in [0.1, 0.15) is 19.2 Å². The highest BCUT2D eigenvalue weighted by Gasteiger charge is 2.31. The zero-order valence-corrected chi connectivity index (χ0v) is 11.2. The van der Waals surface area contributed by atoms with E-state index in [0.717, 1.165) is 5.69 Å². The smallest absolute Gasteiger partial charge is 0.227 e. The van der Waals surface area contributed by atoms with Gasteiger partial charge in [0.05, 0.1) is 18.1 Å². The fraction of sp³-hybridized carbons (Fsp3) is 0.500. The zero-order chi connectivity index (χ0) is 13.1. The summed E-state index contributed by atoms with van der Waals surface area (Å²) >= 11 is 1.28. The lowest BCUT2D eigenvalue weighted by molar-refractivity contribution is -0.117. The van der Waals surface area contributed by atoms with Gasteiger partial charge in [0.2, 0.25) is 5.91 Å². The van der Waals surface area contributed by atoms with Crippen molar-refractivity contribution >= 4 is 28.5 Å². The number of carbonyl (C=O) groups excluding carboxylic acids is 2. The van der Waals surface area contributed by atoms with Gasteiger partial charge in [-0.25, -0.2) is 9.97 Å². The number of hydrogen-bond donors (Lipinski definition) is 0. The van der Waals surface area contributed by atoms with E-state index >= 15 is 0 Å². The fourth-order valence-electron chi connectivity index (χ4n) is 1.90. The highest BCUT2D eigenvalue weighted by molar-refractivity contribution is 8.13. The van der Waals surface area contributed by atoms with Crippen molar-refractivity contribution in [3.63, 3.8) is 0 Å². The van der Waals surface area contributed by atoms with Crippen molar-refractivity contribution in [3.05, 3.63) is 18.2 Å². The van der Waals surface area contributed by atoms with Crippen LogP contribution >= 0.6 is 11.8 Å². The molecule has 1 aliphatic rings. The number of nitrogens with zero attached hydrogens (tertiary/aromatic N) is 3. The summed E-state index contributed by atoms with van der Waals surface area (Å²) < 4.78 is 0. The second-order valence-corrected chi connectivity index (χ2v) is 5.56. The van der Waals surface area contributed by atoms with E-state index in [2.05, 4.69) is 9.97 Å². The number of aromatic nitrogens is 2. The fourth-order valence-corrected chi connectivity index (χ4v) is 2.60. The molecule has 0 N–H and O–H groups in total. The number of thioether (sulfide) groups is 1. The quantitative estimate of drug-likeness (QED) is 0.827. The molecule has 0 spiro atoms. The molecular weight excluding hydrogens is 250 g/mol. The molecule has 1 saturated heterocycles. The summed E-state index contributed by atoms with van der Waals surface area (Å²) in [6, 6.07) is 0. The first-order valence-corrected chi connectivity index (χ1v) is 6.77. The van der Waals surface area contributed by atoms with Gasteiger partial charge in [-0.15, -0.1) is 0 Å². The second-order valence-electron chi connectivity index (χ2n) is 4.37. The molecule has 96 valence electrons. The van der Waals surface area contributed by atoms with Crippen molar-refractivity contribution in [2.24, 2.45) is 5.92 Å². The van der Waals surface area contributed by atoms with Crippen LogP contribution in [0.5, 0.6) is 0 Å². The minimum absolute atomic E-state index is 0.0802. The van der Waals surface area contributed by atoms with Gasteiger partial charge in [0.25, 0.3) is 0 Å². The van der Waals surface area contributed by atoms with E-state index in [0.29, 0.717) is 24.5 Å². The Morgan fingerprint density at radius 3 is 2.78 bits per heavy atom. The molecule has 1 atom stereocenters. The summed E-state index contributed by atoms with van der Waals surface area (Å²) in [5.74, 6) is 1.70. The van der Waals surface area contributed by atoms with Gasteiger partial charge in [0.1, 0.15) is 5.82 Å². The molecule has 0 bridgehead atoms. The minimum Gasteiger partial charge on any atom is -0.309 e. The SMILES string of the molecule is CC(=O)SCC1CC(=O)N(c2cnc(C)nc2)C1. The van der Waals surface area contributed by atoms with E-state index in [-0.39, 0.29) is 16.9 Å². The molecule has 2 rings (SSSR count). The molecule has 0 radical (unpaired) electrons. The van der Waals surface area contributed by atoms with E-state index in [9.17, 15) is 9.59 Å². The molecule has 2 heterocycles. The van der Waals surface area contributed by atoms with Crippen LogP contribution in [0.2, 0.25) is 0 Å². The predicted octanol–water partition coefficient (Wildman–Crippen LogP) is 1.42. The average Bonchev–Trinajstić information content (AvgIpc) is 2.69. The molecule has 0 aliphatic carbocycles. The maximum absolute atomic E-state index is 11.9. The number of carbonyl (C=O) groups is 2. The zero-order valence-electron chi connectivity index (χ0n) is 10.4. The van der Waals surface area contributed by atoms with E-state index < -0.39 is 0 Å². The number of aryl methyl sites for hydroxylation is 1. The molecule has 0 aromatic carbocycles. The summed E-state index contributed by atoms with van der Waals surface area (Å²) in [6.45, 7) is 4.00. The highest BCUT2D eigenvalue weighted by atomic mass is 32.2. The van der Waals surface area contributed by atoms with Gasteiger partial charge >= 0.3 is 0 Å². The lowest BCUT2D eigenvalue weighted by Crippen LogP contribution is -2.25. The second kappa shape index (κ2) is 5.48. The maximum Gasteiger partial charge on any atom is 0.227 e. The number of amides is 1. The first kappa shape index (κ1) is 13.0. The van der Waals surface area contributed by atoms with E-state index in [4.69, 9.17) is 0 Å². The summed E-state index contributed by atoms with van der Waals surface area (Å²) in [5, 5.41) is 0.0968. The minimum atomic E-state index is 0.0802. The topological polar surface area (TPSA) is 63.2 Å².